The molecule has 0 aliphatic heterocycles. The van der Waals surface area contributed by atoms with Gasteiger partial charge in [0.2, 0.25) is 10.0 Å². The van der Waals surface area contributed by atoms with E-state index >= 15 is 0 Å². The van der Waals surface area contributed by atoms with E-state index in [0.29, 0.717) is 23.5 Å². The number of carbonyl (C=O) groups is 2. The number of carbonyl (C=O) groups excluding carboxylic acids is 2. The molecule has 0 saturated carbocycles. The second-order valence-electron chi connectivity index (χ2n) is 5.72. The molecule has 2 rings (SSSR count). The maximum absolute atomic E-state index is 12.4. The maximum atomic E-state index is 12.4. The molecule has 27 heavy (non-hydrogen) atoms. The molecular weight excluding hydrogens is 368 g/mol. The number of hydrogen-bond acceptors (Lipinski definition) is 5. The highest BCUT2D eigenvalue weighted by Gasteiger charge is 2.11. The lowest BCUT2D eigenvalue weighted by Gasteiger charge is -2.09. The molecule has 0 radical (unpaired) electrons. The fourth-order valence-corrected chi connectivity index (χ4v) is 2.89. The smallest absolute Gasteiger partial charge is 0.310 e. The van der Waals surface area contributed by atoms with E-state index in [1.807, 2.05) is 0 Å². The quantitative estimate of drug-likeness (QED) is 0.675. The molecule has 0 unspecified atom stereocenters. The van der Waals surface area contributed by atoms with Crippen LogP contribution in [0.4, 0.5) is 11.4 Å². The SMILES string of the molecule is CCOC(=O)Cc1ccc(NC(=O)c2cccc(NS(=O)(=O)CC)c2)cc1. The van der Waals surface area contributed by atoms with Gasteiger partial charge in [-0.25, -0.2) is 8.42 Å². The molecule has 0 atom stereocenters. The Hall–Kier alpha value is -2.87. The minimum atomic E-state index is -3.41. The molecule has 0 aliphatic rings. The lowest BCUT2D eigenvalue weighted by atomic mass is 10.1. The highest BCUT2D eigenvalue weighted by molar-refractivity contribution is 7.92. The number of esters is 1. The van der Waals surface area contributed by atoms with Crippen LogP contribution in [0.5, 0.6) is 0 Å². The van der Waals surface area contributed by atoms with E-state index in [2.05, 4.69) is 10.0 Å². The van der Waals surface area contributed by atoms with Gasteiger partial charge in [0.05, 0.1) is 18.8 Å². The number of ether oxygens (including phenoxy) is 1. The summed E-state index contributed by atoms with van der Waals surface area (Å²) in [7, 11) is -3.41. The van der Waals surface area contributed by atoms with E-state index in [-0.39, 0.29) is 24.1 Å². The van der Waals surface area contributed by atoms with Crippen LogP contribution in [0.2, 0.25) is 0 Å². The Bertz CT molecular complexity index is 908. The highest BCUT2D eigenvalue weighted by Crippen LogP contribution is 2.16. The first-order valence-corrected chi connectivity index (χ1v) is 10.1. The van der Waals surface area contributed by atoms with Crippen LogP contribution in [-0.2, 0) is 26.0 Å². The molecule has 0 aliphatic carbocycles. The predicted molar refractivity (Wildman–Crippen MR) is 104 cm³/mol. The van der Waals surface area contributed by atoms with Crippen LogP contribution >= 0.6 is 0 Å². The molecule has 0 heterocycles. The second-order valence-corrected chi connectivity index (χ2v) is 7.73. The van der Waals surface area contributed by atoms with Crippen molar-refractivity contribution < 1.29 is 22.7 Å². The van der Waals surface area contributed by atoms with Gasteiger partial charge in [0.1, 0.15) is 0 Å². The van der Waals surface area contributed by atoms with E-state index < -0.39 is 10.0 Å². The zero-order valence-corrected chi connectivity index (χ0v) is 16.0. The van der Waals surface area contributed by atoms with Crippen LogP contribution < -0.4 is 10.0 Å². The summed E-state index contributed by atoms with van der Waals surface area (Å²) in [6.07, 6.45) is 0.168. The Labute approximate surface area is 158 Å². The molecule has 144 valence electrons. The van der Waals surface area contributed by atoms with Gasteiger partial charge in [0, 0.05) is 16.9 Å². The summed E-state index contributed by atoms with van der Waals surface area (Å²) in [5.74, 6) is -0.729. The number of amides is 1. The largest absolute Gasteiger partial charge is 0.466 e. The summed E-state index contributed by atoms with van der Waals surface area (Å²) in [5.41, 5.74) is 1.99. The van der Waals surface area contributed by atoms with Crippen molar-refractivity contribution in [3.8, 4) is 0 Å². The molecule has 7 nitrogen and oxygen atoms in total. The summed E-state index contributed by atoms with van der Waals surface area (Å²) in [6, 6.07) is 13.1. The van der Waals surface area contributed by atoms with Crippen molar-refractivity contribution in [1.29, 1.82) is 0 Å². The molecule has 2 aromatic rings. The fourth-order valence-electron chi connectivity index (χ4n) is 2.26. The van der Waals surface area contributed by atoms with Gasteiger partial charge in [-0.3, -0.25) is 14.3 Å². The third kappa shape index (κ3) is 6.41. The Morgan fingerprint density at radius 2 is 1.70 bits per heavy atom. The monoisotopic (exact) mass is 390 g/mol. The van der Waals surface area contributed by atoms with E-state index in [4.69, 9.17) is 4.74 Å². The second kappa shape index (κ2) is 9.18. The van der Waals surface area contributed by atoms with Crippen LogP contribution in [0.25, 0.3) is 0 Å². The Balaban J connectivity index is 2.03. The average molecular weight is 390 g/mol. The van der Waals surface area contributed by atoms with Crippen molar-refractivity contribution in [2.24, 2.45) is 0 Å². The third-order valence-electron chi connectivity index (χ3n) is 3.64. The van der Waals surface area contributed by atoms with E-state index in [9.17, 15) is 18.0 Å². The summed E-state index contributed by atoms with van der Waals surface area (Å²) in [6.45, 7) is 3.61. The number of anilines is 2. The molecule has 2 aromatic carbocycles. The summed E-state index contributed by atoms with van der Waals surface area (Å²) in [5, 5.41) is 2.74. The predicted octanol–water partition coefficient (Wildman–Crippen LogP) is 2.81. The molecule has 8 heteroatoms. The topological polar surface area (TPSA) is 102 Å². The number of rotatable bonds is 8. The minimum Gasteiger partial charge on any atom is -0.466 e. The summed E-state index contributed by atoms with van der Waals surface area (Å²) in [4.78, 5) is 23.9. The first kappa shape index (κ1) is 20.4. The Morgan fingerprint density at radius 3 is 2.33 bits per heavy atom. The lowest BCUT2D eigenvalue weighted by Crippen LogP contribution is -2.16. The minimum absolute atomic E-state index is 0.0540. The van der Waals surface area contributed by atoms with Crippen LogP contribution in [0.3, 0.4) is 0 Å². The molecular formula is C19H22N2O5S. The van der Waals surface area contributed by atoms with E-state index in [1.54, 1.807) is 49.4 Å². The first-order valence-electron chi connectivity index (χ1n) is 8.49. The standard InChI is InChI=1S/C19H22N2O5S/c1-3-26-18(22)12-14-8-10-16(11-9-14)20-19(23)15-6-5-7-17(13-15)21-27(24,25)4-2/h5-11,13,21H,3-4,12H2,1-2H3,(H,20,23). The molecule has 0 spiro atoms. The fraction of sp³-hybridized carbons (Fsp3) is 0.263. The molecule has 0 saturated heterocycles. The zero-order valence-electron chi connectivity index (χ0n) is 15.2. The van der Waals surface area contributed by atoms with E-state index in [0.717, 1.165) is 5.56 Å². The van der Waals surface area contributed by atoms with Gasteiger partial charge in [0.25, 0.3) is 5.91 Å². The van der Waals surface area contributed by atoms with Gasteiger partial charge < -0.3 is 10.1 Å². The molecule has 1 amide bonds. The number of hydrogen-bond donors (Lipinski definition) is 2. The van der Waals surface area contributed by atoms with Gasteiger partial charge in [-0.15, -0.1) is 0 Å². The summed E-state index contributed by atoms with van der Waals surface area (Å²) < 4.78 is 30.6. The van der Waals surface area contributed by atoms with Crippen molar-refractivity contribution in [1.82, 2.24) is 0 Å². The van der Waals surface area contributed by atoms with Gasteiger partial charge in [-0.2, -0.15) is 0 Å². The van der Waals surface area contributed by atoms with Gasteiger partial charge in [-0.1, -0.05) is 18.2 Å². The summed E-state index contributed by atoms with van der Waals surface area (Å²) >= 11 is 0. The van der Waals surface area contributed by atoms with Crippen LogP contribution in [0, 0.1) is 0 Å². The highest BCUT2D eigenvalue weighted by atomic mass is 32.2. The van der Waals surface area contributed by atoms with Gasteiger partial charge >= 0.3 is 5.97 Å². The van der Waals surface area contributed by atoms with Crippen LogP contribution in [0.15, 0.2) is 48.5 Å². The van der Waals surface area contributed by atoms with Crippen molar-refractivity contribution in [2.75, 3.05) is 22.4 Å². The van der Waals surface area contributed by atoms with Crippen molar-refractivity contribution in [3.05, 3.63) is 59.7 Å². The Kier molecular flexibility index (Phi) is 6.95. The average Bonchev–Trinajstić information content (AvgIpc) is 2.63. The van der Waals surface area contributed by atoms with Crippen LogP contribution in [0.1, 0.15) is 29.8 Å². The van der Waals surface area contributed by atoms with Crippen molar-refractivity contribution in [3.63, 3.8) is 0 Å². The number of nitrogens with one attached hydrogen (secondary N) is 2. The normalized spacial score (nSPS) is 10.9. The van der Waals surface area contributed by atoms with Gasteiger partial charge in [0.15, 0.2) is 0 Å². The van der Waals surface area contributed by atoms with Gasteiger partial charge in [-0.05, 0) is 49.7 Å². The first-order chi connectivity index (χ1) is 12.8. The maximum Gasteiger partial charge on any atom is 0.310 e. The Morgan fingerprint density at radius 1 is 1.00 bits per heavy atom. The molecule has 2 N–H and O–H groups in total. The zero-order chi connectivity index (χ0) is 19.9. The van der Waals surface area contributed by atoms with Crippen molar-refractivity contribution in [2.45, 2.75) is 20.3 Å². The molecule has 0 aromatic heterocycles. The van der Waals surface area contributed by atoms with Crippen LogP contribution in [-0.4, -0.2) is 32.7 Å². The van der Waals surface area contributed by atoms with E-state index in [1.165, 1.54) is 13.0 Å². The lowest BCUT2D eigenvalue weighted by molar-refractivity contribution is -0.142. The molecule has 0 fully saturated rings. The number of benzene rings is 2. The third-order valence-corrected chi connectivity index (χ3v) is 4.95. The number of sulfonamides is 1. The van der Waals surface area contributed by atoms with Crippen molar-refractivity contribution >= 4 is 33.3 Å². The molecule has 0 bridgehead atoms.